The minimum absolute atomic E-state index is 0.0342. The molecule has 2 N–H and O–H groups in total. The lowest BCUT2D eigenvalue weighted by molar-refractivity contribution is -0.144. The molecule has 0 aromatic carbocycles. The largest absolute Gasteiger partial charge is 0.345 e. The van der Waals surface area contributed by atoms with Crippen LogP contribution >= 0.6 is 34.5 Å². The molecule has 2 fully saturated rings. The summed E-state index contributed by atoms with van der Waals surface area (Å²) in [6.07, 6.45) is 3.30. The number of piperidine rings is 1. The van der Waals surface area contributed by atoms with Gasteiger partial charge in [0.1, 0.15) is 4.34 Å². The SMILES string of the molecule is O=C1CC(C(=O)N2C[C@@H](NC(=O)c3cc(Cl)sc3Cl)[C@@H](n3cccn3)C2)CC(=O)N1. The number of carbonyl (C=O) groups excluding carboxylic acids is 4. The lowest BCUT2D eigenvalue weighted by atomic mass is 9.95. The first kappa shape index (κ1) is 20.8. The first-order valence-electron chi connectivity index (χ1n) is 9.18. The number of carbonyl (C=O) groups is 4. The Kier molecular flexibility index (Phi) is 5.81. The average molecular weight is 470 g/mol. The van der Waals surface area contributed by atoms with Gasteiger partial charge in [0.2, 0.25) is 17.7 Å². The Morgan fingerprint density at radius 1 is 1.20 bits per heavy atom. The molecule has 2 atom stereocenters. The van der Waals surface area contributed by atoms with E-state index in [1.807, 2.05) is 0 Å². The fourth-order valence-electron chi connectivity index (χ4n) is 3.80. The van der Waals surface area contributed by atoms with Gasteiger partial charge in [0.15, 0.2) is 0 Å². The Bertz CT molecular complexity index is 992. The van der Waals surface area contributed by atoms with E-state index in [1.54, 1.807) is 28.0 Å². The molecular formula is C18H17Cl2N5O4S. The Morgan fingerprint density at radius 2 is 1.93 bits per heavy atom. The molecule has 4 rings (SSSR count). The van der Waals surface area contributed by atoms with Crippen LogP contribution < -0.4 is 10.6 Å². The molecule has 2 saturated heterocycles. The number of aromatic nitrogens is 2. The van der Waals surface area contributed by atoms with Crippen LogP contribution in [0.1, 0.15) is 29.2 Å². The van der Waals surface area contributed by atoms with Crippen molar-refractivity contribution in [1.29, 1.82) is 0 Å². The maximum absolute atomic E-state index is 13.0. The average Bonchev–Trinajstić information content (AvgIpc) is 3.40. The van der Waals surface area contributed by atoms with Crippen LogP contribution in [0.25, 0.3) is 0 Å². The van der Waals surface area contributed by atoms with Crippen molar-refractivity contribution in [2.24, 2.45) is 5.92 Å². The summed E-state index contributed by atoms with van der Waals surface area (Å²) in [6.45, 7) is 0.507. The molecule has 12 heteroatoms. The van der Waals surface area contributed by atoms with Gasteiger partial charge in [0, 0.05) is 38.3 Å². The highest BCUT2D eigenvalue weighted by atomic mass is 35.5. The molecule has 9 nitrogen and oxygen atoms in total. The zero-order valence-electron chi connectivity index (χ0n) is 15.5. The number of imide groups is 1. The monoisotopic (exact) mass is 469 g/mol. The molecule has 4 amide bonds. The minimum Gasteiger partial charge on any atom is -0.345 e. The lowest BCUT2D eigenvalue weighted by Crippen LogP contribution is -2.46. The first-order chi connectivity index (χ1) is 14.3. The summed E-state index contributed by atoms with van der Waals surface area (Å²) in [5.41, 5.74) is 0.269. The summed E-state index contributed by atoms with van der Waals surface area (Å²) in [6, 6.07) is 2.50. The van der Waals surface area contributed by atoms with Gasteiger partial charge in [-0.05, 0) is 12.1 Å². The predicted molar refractivity (Wildman–Crippen MR) is 109 cm³/mol. The van der Waals surface area contributed by atoms with Crippen LogP contribution in [0.4, 0.5) is 0 Å². The quantitative estimate of drug-likeness (QED) is 0.658. The maximum Gasteiger partial charge on any atom is 0.254 e. The number of thiophene rings is 1. The van der Waals surface area contributed by atoms with E-state index >= 15 is 0 Å². The second-order valence-corrected chi connectivity index (χ2v) is 9.48. The number of likely N-dealkylation sites (tertiary alicyclic amines) is 1. The van der Waals surface area contributed by atoms with Crippen LogP contribution in [0.3, 0.4) is 0 Å². The normalized spacial score (nSPS) is 22.3. The summed E-state index contributed by atoms with van der Waals surface area (Å²) in [5.74, 6) is -2.30. The van der Waals surface area contributed by atoms with Crippen molar-refractivity contribution in [2.75, 3.05) is 13.1 Å². The van der Waals surface area contributed by atoms with E-state index < -0.39 is 29.7 Å². The number of nitrogens with one attached hydrogen (secondary N) is 2. The van der Waals surface area contributed by atoms with E-state index in [4.69, 9.17) is 23.2 Å². The zero-order valence-corrected chi connectivity index (χ0v) is 17.8. The highest BCUT2D eigenvalue weighted by Gasteiger charge is 2.41. The fourth-order valence-corrected chi connectivity index (χ4v) is 5.26. The lowest BCUT2D eigenvalue weighted by Gasteiger charge is -2.25. The van der Waals surface area contributed by atoms with E-state index in [0.29, 0.717) is 4.34 Å². The van der Waals surface area contributed by atoms with Crippen molar-refractivity contribution in [3.63, 3.8) is 0 Å². The van der Waals surface area contributed by atoms with Gasteiger partial charge < -0.3 is 10.2 Å². The first-order valence-corrected chi connectivity index (χ1v) is 10.8. The number of rotatable bonds is 4. The van der Waals surface area contributed by atoms with E-state index in [-0.39, 0.29) is 47.8 Å². The summed E-state index contributed by atoms with van der Waals surface area (Å²) >= 11 is 13.1. The molecule has 2 aliphatic heterocycles. The molecule has 4 heterocycles. The van der Waals surface area contributed by atoms with Crippen molar-refractivity contribution in [1.82, 2.24) is 25.3 Å². The van der Waals surface area contributed by atoms with Gasteiger partial charge in [-0.3, -0.25) is 29.2 Å². The molecule has 0 spiro atoms. The molecule has 2 aromatic heterocycles. The molecule has 2 aliphatic rings. The fraction of sp³-hybridized carbons (Fsp3) is 0.389. The van der Waals surface area contributed by atoms with E-state index in [2.05, 4.69) is 15.7 Å². The van der Waals surface area contributed by atoms with Crippen LogP contribution in [0.15, 0.2) is 24.5 Å². The van der Waals surface area contributed by atoms with Crippen LogP contribution in [0, 0.1) is 5.92 Å². The molecule has 0 aliphatic carbocycles. The second kappa shape index (κ2) is 8.37. The third kappa shape index (κ3) is 4.21. The van der Waals surface area contributed by atoms with Crippen LogP contribution in [0.5, 0.6) is 0 Å². The molecule has 30 heavy (non-hydrogen) atoms. The standard InChI is InChI=1S/C18H17Cl2N5O4S/c19-13-6-10(16(20)30-13)17(28)22-11-7-24(8-12(11)25-3-1-2-21-25)18(29)9-4-14(26)23-15(27)5-9/h1-3,6,9,11-12H,4-5,7-8H2,(H,22,28)(H,23,26,27)/t11-,12+/m1/s1. The summed E-state index contributed by atoms with van der Waals surface area (Å²) in [5, 5.41) is 9.37. The summed E-state index contributed by atoms with van der Waals surface area (Å²) in [4.78, 5) is 50.6. The zero-order chi connectivity index (χ0) is 21.4. The van der Waals surface area contributed by atoms with E-state index in [1.165, 1.54) is 6.07 Å². The smallest absolute Gasteiger partial charge is 0.254 e. The van der Waals surface area contributed by atoms with Crippen LogP contribution in [0.2, 0.25) is 8.67 Å². The van der Waals surface area contributed by atoms with E-state index in [0.717, 1.165) is 11.3 Å². The Balaban J connectivity index is 1.52. The molecule has 0 saturated carbocycles. The number of nitrogens with zero attached hydrogens (tertiary/aromatic N) is 3. The highest BCUT2D eigenvalue weighted by Crippen LogP contribution is 2.32. The Morgan fingerprint density at radius 3 is 2.53 bits per heavy atom. The highest BCUT2D eigenvalue weighted by molar-refractivity contribution is 7.20. The van der Waals surface area contributed by atoms with Gasteiger partial charge in [-0.25, -0.2) is 0 Å². The van der Waals surface area contributed by atoms with Crippen molar-refractivity contribution < 1.29 is 19.2 Å². The van der Waals surface area contributed by atoms with Gasteiger partial charge in [-0.2, -0.15) is 5.10 Å². The van der Waals surface area contributed by atoms with Crippen molar-refractivity contribution >= 4 is 58.2 Å². The van der Waals surface area contributed by atoms with Gasteiger partial charge in [0.05, 0.1) is 27.9 Å². The third-order valence-electron chi connectivity index (χ3n) is 5.17. The van der Waals surface area contributed by atoms with Gasteiger partial charge in [-0.1, -0.05) is 23.2 Å². The molecule has 0 unspecified atom stereocenters. The van der Waals surface area contributed by atoms with Crippen LogP contribution in [-0.2, 0) is 14.4 Å². The number of hydrogen-bond donors (Lipinski definition) is 2. The second-order valence-electron chi connectivity index (χ2n) is 7.19. The minimum atomic E-state index is -0.705. The summed E-state index contributed by atoms with van der Waals surface area (Å²) in [7, 11) is 0. The van der Waals surface area contributed by atoms with Crippen molar-refractivity contribution in [3.8, 4) is 0 Å². The Labute approximate surface area is 185 Å². The summed E-state index contributed by atoms with van der Waals surface area (Å²) < 4.78 is 2.36. The van der Waals surface area contributed by atoms with E-state index in [9.17, 15) is 19.2 Å². The Hall–Kier alpha value is -2.43. The predicted octanol–water partition coefficient (Wildman–Crippen LogP) is 1.49. The molecule has 0 bridgehead atoms. The molecule has 2 aromatic rings. The molecule has 158 valence electrons. The van der Waals surface area contributed by atoms with Crippen molar-refractivity contribution in [2.45, 2.75) is 24.9 Å². The molecular weight excluding hydrogens is 453 g/mol. The number of halogens is 2. The van der Waals surface area contributed by atoms with Gasteiger partial charge >= 0.3 is 0 Å². The van der Waals surface area contributed by atoms with Crippen molar-refractivity contribution in [3.05, 3.63) is 38.8 Å². The van der Waals surface area contributed by atoms with Crippen LogP contribution in [-0.4, -0.2) is 57.4 Å². The third-order valence-corrected chi connectivity index (χ3v) is 6.66. The number of amides is 4. The topological polar surface area (TPSA) is 113 Å². The van der Waals surface area contributed by atoms with Gasteiger partial charge in [-0.15, -0.1) is 11.3 Å². The van der Waals surface area contributed by atoms with Gasteiger partial charge in [0.25, 0.3) is 5.91 Å². The molecule has 0 radical (unpaired) electrons. The number of hydrogen-bond acceptors (Lipinski definition) is 6. The maximum atomic E-state index is 13.0.